The van der Waals surface area contributed by atoms with Crippen LogP contribution in [-0.4, -0.2) is 26.2 Å². The molecule has 0 aromatic heterocycles. The van der Waals surface area contributed by atoms with E-state index in [0.717, 1.165) is 31.9 Å². The minimum atomic E-state index is -0.146. The number of hydrogen-bond donors (Lipinski definition) is 1. The molecule has 3 heteroatoms. The first kappa shape index (κ1) is 8.51. The first-order valence-electron chi connectivity index (χ1n) is 4.68. The quantitative estimate of drug-likeness (QED) is 0.656. The molecule has 1 aromatic carbocycles. The van der Waals surface area contributed by atoms with Gasteiger partial charge in [-0.2, -0.15) is 0 Å². The molecule has 1 heterocycles. The normalized spacial score (nSPS) is 17.5. The highest BCUT2D eigenvalue weighted by atomic mass is 19.1. The van der Waals surface area contributed by atoms with E-state index in [1.165, 1.54) is 6.07 Å². The Labute approximate surface area is 77.4 Å². The first-order chi connectivity index (χ1) is 6.36. The summed E-state index contributed by atoms with van der Waals surface area (Å²) in [5.74, 6) is -0.146. The maximum absolute atomic E-state index is 12.9. The summed E-state index contributed by atoms with van der Waals surface area (Å²) in [6.07, 6.45) is 0. The van der Waals surface area contributed by atoms with E-state index in [-0.39, 0.29) is 5.82 Å². The van der Waals surface area contributed by atoms with Crippen molar-refractivity contribution in [2.24, 2.45) is 0 Å². The van der Waals surface area contributed by atoms with Gasteiger partial charge in [-0.1, -0.05) is 6.07 Å². The van der Waals surface area contributed by atoms with Crippen molar-refractivity contribution in [3.63, 3.8) is 0 Å². The molecular weight excluding hydrogens is 167 g/mol. The van der Waals surface area contributed by atoms with E-state index in [9.17, 15) is 4.39 Å². The monoisotopic (exact) mass is 181 g/mol. The van der Waals surface area contributed by atoms with Crippen LogP contribution in [-0.2, 0) is 0 Å². The van der Waals surface area contributed by atoms with Crippen LogP contribution < -0.4 is 10.2 Å². The van der Waals surface area contributed by atoms with Crippen LogP contribution in [0.2, 0.25) is 0 Å². The summed E-state index contributed by atoms with van der Waals surface area (Å²) >= 11 is 0. The van der Waals surface area contributed by atoms with Crippen molar-refractivity contribution in [2.45, 2.75) is 0 Å². The SMILES string of the molecule is Fc1cccc(N2CC[NH2+]CC2)c1. The number of nitrogens with two attached hydrogens (primary N) is 1. The van der Waals surface area contributed by atoms with Gasteiger partial charge in [0.05, 0.1) is 26.2 Å². The summed E-state index contributed by atoms with van der Waals surface area (Å²) in [7, 11) is 0. The predicted molar refractivity (Wildman–Crippen MR) is 50.3 cm³/mol. The molecule has 0 saturated carbocycles. The summed E-state index contributed by atoms with van der Waals surface area (Å²) in [6, 6.07) is 6.82. The average molecular weight is 181 g/mol. The van der Waals surface area contributed by atoms with Crippen molar-refractivity contribution in [3.8, 4) is 0 Å². The van der Waals surface area contributed by atoms with Crippen LogP contribution in [0.5, 0.6) is 0 Å². The van der Waals surface area contributed by atoms with Crippen molar-refractivity contribution in [3.05, 3.63) is 30.1 Å². The lowest BCUT2D eigenvalue weighted by Crippen LogP contribution is -2.89. The number of piperazine rings is 1. The maximum atomic E-state index is 12.9. The molecule has 0 aliphatic carbocycles. The summed E-state index contributed by atoms with van der Waals surface area (Å²) in [5, 5.41) is 2.29. The Balaban J connectivity index is 2.14. The molecule has 0 bridgehead atoms. The van der Waals surface area contributed by atoms with E-state index in [0.29, 0.717) is 0 Å². The van der Waals surface area contributed by atoms with E-state index in [4.69, 9.17) is 0 Å². The van der Waals surface area contributed by atoms with Gasteiger partial charge in [0.15, 0.2) is 0 Å². The van der Waals surface area contributed by atoms with Gasteiger partial charge in [0, 0.05) is 5.69 Å². The smallest absolute Gasteiger partial charge is 0.125 e. The molecule has 2 N–H and O–H groups in total. The molecule has 1 fully saturated rings. The van der Waals surface area contributed by atoms with E-state index >= 15 is 0 Å². The van der Waals surface area contributed by atoms with Gasteiger partial charge in [0.2, 0.25) is 0 Å². The molecule has 2 nitrogen and oxygen atoms in total. The molecule has 1 saturated heterocycles. The lowest BCUT2D eigenvalue weighted by Gasteiger charge is -2.27. The fourth-order valence-corrected chi connectivity index (χ4v) is 1.68. The van der Waals surface area contributed by atoms with Crippen molar-refractivity contribution in [1.29, 1.82) is 0 Å². The molecule has 70 valence electrons. The fraction of sp³-hybridized carbons (Fsp3) is 0.400. The predicted octanol–water partition coefficient (Wildman–Crippen LogP) is 0.209. The van der Waals surface area contributed by atoms with Crippen LogP contribution in [0.1, 0.15) is 0 Å². The van der Waals surface area contributed by atoms with Crippen LogP contribution in [0.4, 0.5) is 10.1 Å². The second-order valence-corrected chi connectivity index (χ2v) is 3.33. The third-order valence-corrected chi connectivity index (χ3v) is 2.38. The van der Waals surface area contributed by atoms with Gasteiger partial charge < -0.3 is 10.2 Å². The minimum absolute atomic E-state index is 0.146. The maximum Gasteiger partial charge on any atom is 0.125 e. The zero-order valence-corrected chi connectivity index (χ0v) is 7.54. The molecule has 0 atom stereocenters. The summed E-state index contributed by atoms with van der Waals surface area (Å²) < 4.78 is 12.9. The van der Waals surface area contributed by atoms with E-state index in [1.807, 2.05) is 6.07 Å². The largest absolute Gasteiger partial charge is 0.360 e. The zero-order chi connectivity index (χ0) is 9.10. The Morgan fingerprint density at radius 2 is 2.00 bits per heavy atom. The van der Waals surface area contributed by atoms with Crippen molar-refractivity contribution in [1.82, 2.24) is 0 Å². The fourth-order valence-electron chi connectivity index (χ4n) is 1.68. The van der Waals surface area contributed by atoms with Crippen LogP contribution in [0, 0.1) is 5.82 Å². The molecule has 0 amide bonds. The second-order valence-electron chi connectivity index (χ2n) is 3.33. The van der Waals surface area contributed by atoms with E-state index in [2.05, 4.69) is 10.2 Å². The van der Waals surface area contributed by atoms with Crippen LogP contribution in [0.25, 0.3) is 0 Å². The molecule has 0 radical (unpaired) electrons. The van der Waals surface area contributed by atoms with Crippen LogP contribution in [0.3, 0.4) is 0 Å². The van der Waals surface area contributed by atoms with E-state index < -0.39 is 0 Å². The highest BCUT2D eigenvalue weighted by molar-refractivity contribution is 5.46. The number of hydrogen-bond acceptors (Lipinski definition) is 1. The van der Waals surface area contributed by atoms with E-state index in [1.54, 1.807) is 12.1 Å². The summed E-state index contributed by atoms with van der Waals surface area (Å²) in [4.78, 5) is 2.23. The van der Waals surface area contributed by atoms with Gasteiger partial charge in [0.1, 0.15) is 5.82 Å². The van der Waals surface area contributed by atoms with Crippen molar-refractivity contribution >= 4 is 5.69 Å². The number of rotatable bonds is 1. The Morgan fingerprint density at radius 3 is 2.69 bits per heavy atom. The molecule has 0 spiro atoms. The third kappa shape index (κ3) is 1.98. The van der Waals surface area contributed by atoms with Gasteiger partial charge in [0.25, 0.3) is 0 Å². The number of benzene rings is 1. The zero-order valence-electron chi connectivity index (χ0n) is 7.54. The number of nitrogens with zero attached hydrogens (tertiary/aromatic N) is 1. The summed E-state index contributed by atoms with van der Waals surface area (Å²) in [5.41, 5.74) is 1.01. The topological polar surface area (TPSA) is 19.9 Å². The molecule has 1 aliphatic heterocycles. The van der Waals surface area contributed by atoms with Crippen molar-refractivity contribution in [2.75, 3.05) is 31.1 Å². The number of anilines is 1. The Kier molecular flexibility index (Phi) is 2.45. The molecular formula is C10H14FN2+. The van der Waals surface area contributed by atoms with Crippen molar-refractivity contribution < 1.29 is 9.71 Å². The number of quaternary nitrogens is 1. The number of halogens is 1. The molecule has 1 aromatic rings. The second kappa shape index (κ2) is 3.75. The molecule has 1 aliphatic rings. The Morgan fingerprint density at radius 1 is 1.23 bits per heavy atom. The average Bonchev–Trinajstić information content (AvgIpc) is 2.19. The van der Waals surface area contributed by atoms with Gasteiger partial charge in [-0.05, 0) is 18.2 Å². The third-order valence-electron chi connectivity index (χ3n) is 2.38. The minimum Gasteiger partial charge on any atom is -0.360 e. The Hall–Kier alpha value is -1.09. The Bertz CT molecular complexity index is 282. The highest BCUT2D eigenvalue weighted by Crippen LogP contribution is 2.14. The molecule has 2 rings (SSSR count). The lowest BCUT2D eigenvalue weighted by atomic mass is 10.2. The lowest BCUT2D eigenvalue weighted by molar-refractivity contribution is -0.655. The summed E-state index contributed by atoms with van der Waals surface area (Å²) in [6.45, 7) is 4.25. The standard InChI is InChI=1S/C10H13FN2/c11-9-2-1-3-10(8-9)13-6-4-12-5-7-13/h1-3,8,12H,4-7H2/p+1. The van der Waals surface area contributed by atoms with Crippen LogP contribution >= 0.6 is 0 Å². The van der Waals surface area contributed by atoms with Gasteiger partial charge in [-0.3, -0.25) is 0 Å². The van der Waals surface area contributed by atoms with Crippen LogP contribution in [0.15, 0.2) is 24.3 Å². The van der Waals surface area contributed by atoms with Gasteiger partial charge in [-0.25, -0.2) is 4.39 Å². The first-order valence-corrected chi connectivity index (χ1v) is 4.68. The molecule has 0 unspecified atom stereocenters. The molecule has 13 heavy (non-hydrogen) atoms. The van der Waals surface area contributed by atoms with Gasteiger partial charge in [-0.15, -0.1) is 0 Å². The highest BCUT2D eigenvalue weighted by Gasteiger charge is 2.12. The van der Waals surface area contributed by atoms with Gasteiger partial charge >= 0.3 is 0 Å².